The summed E-state index contributed by atoms with van der Waals surface area (Å²) in [5, 5.41) is 7.55. The summed E-state index contributed by atoms with van der Waals surface area (Å²) < 4.78 is 15.5. The van der Waals surface area contributed by atoms with Crippen LogP contribution in [-0.2, 0) is 14.1 Å². The van der Waals surface area contributed by atoms with Crippen LogP contribution in [0, 0.1) is 0 Å². The van der Waals surface area contributed by atoms with Gasteiger partial charge < -0.3 is 18.6 Å². The maximum absolute atomic E-state index is 5.46. The van der Waals surface area contributed by atoms with E-state index in [9.17, 15) is 0 Å². The molecule has 0 radical (unpaired) electrons. The molecule has 0 atom stereocenters. The van der Waals surface area contributed by atoms with Crippen molar-refractivity contribution in [2.45, 2.75) is 0 Å². The van der Waals surface area contributed by atoms with E-state index in [2.05, 4.69) is 71.8 Å². The molecule has 4 aromatic carbocycles. The van der Waals surface area contributed by atoms with Crippen molar-refractivity contribution in [2.24, 2.45) is 14.1 Å². The lowest BCUT2D eigenvalue weighted by Gasteiger charge is -2.07. The van der Waals surface area contributed by atoms with E-state index in [1.165, 1.54) is 54.4 Å². The Morgan fingerprint density at radius 2 is 0.833 bits per heavy atom. The molecule has 6 rings (SSSR count). The van der Waals surface area contributed by atoms with Crippen LogP contribution in [0.2, 0.25) is 0 Å². The van der Waals surface area contributed by atoms with Gasteiger partial charge in [-0.05, 0) is 24.3 Å². The molecular weight excluding hydrogens is 372 g/mol. The summed E-state index contributed by atoms with van der Waals surface area (Å²) in [5.74, 6) is 1.76. The standard InChI is InChI=1S/C26H22N2O2/c1-27-23-13-15(29-3)5-7-17(23)19-9-12-22-21(25(19)27)11-10-20-18-8-6-16(30-4)14-24(18)28(2)26(20)22/h5-14H,1-4H3. The minimum atomic E-state index is 0.878. The van der Waals surface area contributed by atoms with Crippen LogP contribution in [0.4, 0.5) is 0 Å². The summed E-state index contributed by atoms with van der Waals surface area (Å²) >= 11 is 0. The van der Waals surface area contributed by atoms with Gasteiger partial charge in [-0.3, -0.25) is 0 Å². The Bertz CT molecular complexity index is 1510. The van der Waals surface area contributed by atoms with E-state index in [0.29, 0.717) is 0 Å². The monoisotopic (exact) mass is 394 g/mol. The third-order valence-electron chi connectivity index (χ3n) is 6.53. The Labute approximate surface area is 173 Å². The lowest BCUT2D eigenvalue weighted by Crippen LogP contribution is -1.91. The molecule has 0 unspecified atom stereocenters. The molecule has 0 amide bonds. The van der Waals surface area contributed by atoms with Gasteiger partial charge in [0.2, 0.25) is 0 Å². The van der Waals surface area contributed by atoms with Gasteiger partial charge in [-0.25, -0.2) is 0 Å². The molecule has 0 saturated carbocycles. The summed E-state index contributed by atoms with van der Waals surface area (Å²) in [5.41, 5.74) is 4.86. The predicted molar refractivity (Wildman–Crippen MR) is 125 cm³/mol. The zero-order valence-electron chi connectivity index (χ0n) is 17.5. The van der Waals surface area contributed by atoms with E-state index in [1.807, 2.05) is 12.1 Å². The van der Waals surface area contributed by atoms with Crippen molar-refractivity contribution in [1.29, 1.82) is 0 Å². The maximum Gasteiger partial charge on any atom is 0.120 e. The highest BCUT2D eigenvalue weighted by Gasteiger charge is 2.16. The minimum Gasteiger partial charge on any atom is -0.497 e. The molecule has 0 fully saturated rings. The van der Waals surface area contributed by atoms with Gasteiger partial charge in [0, 0.05) is 58.5 Å². The van der Waals surface area contributed by atoms with Crippen molar-refractivity contribution >= 4 is 54.4 Å². The van der Waals surface area contributed by atoms with Crippen molar-refractivity contribution in [2.75, 3.05) is 14.2 Å². The summed E-state index contributed by atoms with van der Waals surface area (Å²) in [6, 6.07) is 21.6. The highest BCUT2D eigenvalue weighted by Crippen LogP contribution is 2.40. The van der Waals surface area contributed by atoms with E-state index in [-0.39, 0.29) is 0 Å². The normalized spacial score (nSPS) is 12.0. The molecule has 4 heteroatoms. The van der Waals surface area contributed by atoms with Gasteiger partial charge in [0.25, 0.3) is 0 Å². The Morgan fingerprint density at radius 3 is 1.20 bits per heavy atom. The molecule has 0 aliphatic carbocycles. The highest BCUT2D eigenvalue weighted by molar-refractivity contribution is 6.25. The second kappa shape index (κ2) is 5.92. The third-order valence-corrected chi connectivity index (χ3v) is 6.53. The van der Waals surface area contributed by atoms with E-state index in [0.717, 1.165) is 11.5 Å². The number of benzene rings is 4. The highest BCUT2D eigenvalue weighted by atomic mass is 16.5. The Kier molecular flexibility index (Phi) is 3.40. The zero-order valence-corrected chi connectivity index (χ0v) is 17.5. The minimum absolute atomic E-state index is 0.878. The average Bonchev–Trinajstić information content (AvgIpc) is 3.24. The number of aryl methyl sites for hydroxylation is 2. The summed E-state index contributed by atoms with van der Waals surface area (Å²) in [6.07, 6.45) is 0. The number of hydrogen-bond acceptors (Lipinski definition) is 2. The second-order valence-electron chi connectivity index (χ2n) is 7.90. The smallest absolute Gasteiger partial charge is 0.120 e. The molecule has 148 valence electrons. The number of methoxy groups -OCH3 is 2. The molecule has 0 bridgehead atoms. The largest absolute Gasteiger partial charge is 0.497 e. The van der Waals surface area contributed by atoms with Crippen molar-refractivity contribution in [3.05, 3.63) is 60.7 Å². The lowest BCUT2D eigenvalue weighted by molar-refractivity contribution is 0.415. The van der Waals surface area contributed by atoms with Crippen molar-refractivity contribution in [3.63, 3.8) is 0 Å². The number of hydrogen-bond donors (Lipinski definition) is 0. The summed E-state index contributed by atoms with van der Waals surface area (Å²) in [4.78, 5) is 0. The van der Waals surface area contributed by atoms with Crippen LogP contribution in [0.15, 0.2) is 60.7 Å². The van der Waals surface area contributed by atoms with E-state index in [1.54, 1.807) is 14.2 Å². The molecule has 2 heterocycles. The van der Waals surface area contributed by atoms with Crippen LogP contribution < -0.4 is 9.47 Å². The zero-order chi connectivity index (χ0) is 20.6. The third kappa shape index (κ3) is 2.05. The van der Waals surface area contributed by atoms with Crippen molar-refractivity contribution < 1.29 is 9.47 Å². The molecule has 0 spiro atoms. The van der Waals surface area contributed by atoms with E-state index < -0.39 is 0 Å². The fraction of sp³-hybridized carbons (Fsp3) is 0.154. The maximum atomic E-state index is 5.46. The molecule has 0 aliphatic rings. The van der Waals surface area contributed by atoms with Crippen LogP contribution in [0.25, 0.3) is 54.4 Å². The van der Waals surface area contributed by atoms with Gasteiger partial charge in [-0.1, -0.05) is 24.3 Å². The predicted octanol–water partition coefficient (Wildman–Crippen LogP) is 6.15. The number of fused-ring (bicyclic) bond motifs is 9. The van der Waals surface area contributed by atoms with Gasteiger partial charge in [0.1, 0.15) is 11.5 Å². The average molecular weight is 394 g/mol. The van der Waals surface area contributed by atoms with Gasteiger partial charge in [0.05, 0.1) is 36.3 Å². The van der Waals surface area contributed by atoms with Crippen LogP contribution in [0.5, 0.6) is 11.5 Å². The topological polar surface area (TPSA) is 28.3 Å². The molecule has 30 heavy (non-hydrogen) atoms. The number of nitrogens with zero attached hydrogens (tertiary/aromatic N) is 2. The SMILES string of the molecule is COc1ccc2c3ccc4c(ccc5c6ccc(OC)cc6n(C)c54)c3n(C)c2c1. The lowest BCUT2D eigenvalue weighted by atomic mass is 10.0. The van der Waals surface area contributed by atoms with Crippen LogP contribution in [0.1, 0.15) is 0 Å². The number of rotatable bonds is 2. The molecule has 6 aromatic rings. The summed E-state index contributed by atoms with van der Waals surface area (Å²) in [7, 11) is 7.70. The Balaban J connectivity index is 1.79. The molecule has 0 N–H and O–H groups in total. The van der Waals surface area contributed by atoms with Gasteiger partial charge in [0.15, 0.2) is 0 Å². The Morgan fingerprint density at radius 1 is 0.500 bits per heavy atom. The van der Waals surface area contributed by atoms with Crippen LogP contribution >= 0.6 is 0 Å². The number of aromatic nitrogens is 2. The molecule has 2 aromatic heterocycles. The second-order valence-corrected chi connectivity index (χ2v) is 7.90. The van der Waals surface area contributed by atoms with Crippen molar-refractivity contribution in [1.82, 2.24) is 9.13 Å². The van der Waals surface area contributed by atoms with Crippen LogP contribution in [-0.4, -0.2) is 23.4 Å². The van der Waals surface area contributed by atoms with E-state index in [4.69, 9.17) is 9.47 Å². The number of ether oxygens (including phenoxy) is 2. The molecular formula is C26H22N2O2. The molecule has 0 saturated heterocycles. The quantitative estimate of drug-likeness (QED) is 0.352. The van der Waals surface area contributed by atoms with Gasteiger partial charge in [-0.15, -0.1) is 0 Å². The first-order chi connectivity index (χ1) is 14.6. The van der Waals surface area contributed by atoms with Gasteiger partial charge >= 0.3 is 0 Å². The fourth-order valence-electron chi connectivity index (χ4n) is 5.06. The Hall–Kier alpha value is -3.66. The molecule has 4 nitrogen and oxygen atoms in total. The first kappa shape index (κ1) is 17.2. The summed E-state index contributed by atoms with van der Waals surface area (Å²) in [6.45, 7) is 0. The fourth-order valence-corrected chi connectivity index (χ4v) is 5.06. The van der Waals surface area contributed by atoms with Gasteiger partial charge in [-0.2, -0.15) is 0 Å². The van der Waals surface area contributed by atoms with E-state index >= 15 is 0 Å². The first-order valence-corrected chi connectivity index (χ1v) is 10.1. The first-order valence-electron chi connectivity index (χ1n) is 10.1. The van der Waals surface area contributed by atoms with Crippen LogP contribution in [0.3, 0.4) is 0 Å². The van der Waals surface area contributed by atoms with Crippen molar-refractivity contribution in [3.8, 4) is 11.5 Å². The molecule has 0 aliphatic heterocycles.